The van der Waals surface area contributed by atoms with Crippen molar-refractivity contribution in [2.24, 2.45) is 0 Å². The molecular weight excluding hydrogens is 504 g/mol. The molecule has 4 aromatic carbocycles. The van der Waals surface area contributed by atoms with Crippen LogP contribution in [0, 0.1) is 10.1 Å². The van der Waals surface area contributed by atoms with Gasteiger partial charge in [0.1, 0.15) is 5.52 Å². The van der Waals surface area contributed by atoms with Crippen molar-refractivity contribution in [1.29, 1.82) is 0 Å². The van der Waals surface area contributed by atoms with Gasteiger partial charge in [0.15, 0.2) is 5.58 Å². The smallest absolute Gasteiger partial charge is 0.270 e. The minimum atomic E-state index is -0.550. The third-order valence-electron chi connectivity index (χ3n) is 5.49. The molecule has 5 aromatic rings. The fourth-order valence-electron chi connectivity index (χ4n) is 3.67. The molecule has 2 amide bonds. The highest BCUT2D eigenvalue weighted by Crippen LogP contribution is 2.26. The molecular formula is C28H20N4O5S. The molecule has 38 heavy (non-hydrogen) atoms. The van der Waals surface area contributed by atoms with E-state index in [1.807, 2.05) is 42.5 Å². The molecule has 0 aliphatic heterocycles. The summed E-state index contributed by atoms with van der Waals surface area (Å²) in [4.78, 5) is 40.7. The average molecular weight is 525 g/mol. The Balaban J connectivity index is 1.16. The number of nitrogens with zero attached hydrogens (tertiary/aromatic N) is 2. The van der Waals surface area contributed by atoms with E-state index in [0.29, 0.717) is 22.8 Å². The van der Waals surface area contributed by atoms with Crippen LogP contribution in [0.3, 0.4) is 0 Å². The number of para-hydroxylation sites is 2. The van der Waals surface area contributed by atoms with Crippen molar-refractivity contribution >= 4 is 51.7 Å². The van der Waals surface area contributed by atoms with E-state index in [-0.39, 0.29) is 22.9 Å². The van der Waals surface area contributed by atoms with E-state index in [1.165, 1.54) is 36.0 Å². The number of benzene rings is 4. The summed E-state index contributed by atoms with van der Waals surface area (Å²) in [6.45, 7) is 0. The van der Waals surface area contributed by atoms with Crippen molar-refractivity contribution in [3.05, 3.63) is 113 Å². The van der Waals surface area contributed by atoms with Crippen LogP contribution in [0.2, 0.25) is 0 Å². The van der Waals surface area contributed by atoms with Crippen LogP contribution in [-0.2, 0) is 4.79 Å². The Morgan fingerprint density at radius 3 is 2.45 bits per heavy atom. The number of nitrogens with one attached hydrogen (secondary N) is 2. The summed E-state index contributed by atoms with van der Waals surface area (Å²) in [7, 11) is 0. The Kier molecular flexibility index (Phi) is 7.14. The Bertz CT molecular complexity index is 1620. The number of rotatable bonds is 8. The first-order valence-electron chi connectivity index (χ1n) is 11.5. The normalized spacial score (nSPS) is 10.7. The predicted molar refractivity (Wildman–Crippen MR) is 146 cm³/mol. The van der Waals surface area contributed by atoms with Crippen LogP contribution in [0.1, 0.15) is 10.4 Å². The number of carbonyl (C=O) groups excluding carboxylic acids is 2. The van der Waals surface area contributed by atoms with E-state index in [1.54, 1.807) is 30.3 Å². The molecule has 0 aliphatic carbocycles. The molecule has 0 bridgehead atoms. The van der Waals surface area contributed by atoms with E-state index in [0.717, 1.165) is 16.0 Å². The van der Waals surface area contributed by atoms with Gasteiger partial charge in [0.2, 0.25) is 11.8 Å². The second-order valence-corrected chi connectivity index (χ2v) is 9.24. The fourth-order valence-corrected chi connectivity index (χ4v) is 4.42. The van der Waals surface area contributed by atoms with Crippen LogP contribution in [0.25, 0.3) is 22.6 Å². The molecule has 1 heterocycles. The lowest BCUT2D eigenvalue weighted by Crippen LogP contribution is -2.14. The second-order valence-electron chi connectivity index (χ2n) is 8.19. The van der Waals surface area contributed by atoms with Gasteiger partial charge in [-0.2, -0.15) is 0 Å². The number of anilines is 2. The summed E-state index contributed by atoms with van der Waals surface area (Å²) in [5, 5.41) is 16.6. The number of nitro benzene ring substituents is 1. The van der Waals surface area contributed by atoms with Crippen molar-refractivity contribution in [3.63, 3.8) is 0 Å². The summed E-state index contributed by atoms with van der Waals surface area (Å²) >= 11 is 1.32. The van der Waals surface area contributed by atoms with Crippen LogP contribution in [-0.4, -0.2) is 27.5 Å². The number of non-ortho nitro benzene ring substituents is 1. The lowest BCUT2D eigenvalue weighted by molar-refractivity contribution is -0.384. The molecule has 0 atom stereocenters. The lowest BCUT2D eigenvalue weighted by Gasteiger charge is -2.08. The number of nitro groups is 1. The maximum atomic E-state index is 12.5. The van der Waals surface area contributed by atoms with Crippen molar-refractivity contribution < 1.29 is 18.9 Å². The van der Waals surface area contributed by atoms with Crippen LogP contribution in [0.5, 0.6) is 0 Å². The minimum Gasteiger partial charge on any atom is -0.436 e. The highest BCUT2D eigenvalue weighted by molar-refractivity contribution is 8.00. The van der Waals surface area contributed by atoms with E-state index in [9.17, 15) is 19.7 Å². The first kappa shape index (κ1) is 24.7. The Morgan fingerprint density at radius 2 is 1.66 bits per heavy atom. The third kappa shape index (κ3) is 5.88. The molecule has 0 fully saturated rings. The fraction of sp³-hybridized carbons (Fsp3) is 0.0357. The molecule has 9 nitrogen and oxygen atoms in total. The summed E-state index contributed by atoms with van der Waals surface area (Å²) in [5.74, 6) is 0.0254. The highest BCUT2D eigenvalue weighted by atomic mass is 32.2. The largest absolute Gasteiger partial charge is 0.436 e. The number of amides is 2. The molecule has 10 heteroatoms. The SMILES string of the molecule is O=C(CSc1cccc(NC(=O)c2cccc([N+](=O)[O-])c2)c1)Nc1ccc(-c2nc3ccccc3o2)cc1. The van der Waals surface area contributed by atoms with Crippen LogP contribution >= 0.6 is 11.8 Å². The molecule has 188 valence electrons. The van der Waals surface area contributed by atoms with Crippen LogP contribution < -0.4 is 10.6 Å². The van der Waals surface area contributed by atoms with E-state index >= 15 is 0 Å². The van der Waals surface area contributed by atoms with Gasteiger partial charge in [-0.1, -0.05) is 24.3 Å². The number of oxazole rings is 1. The van der Waals surface area contributed by atoms with Gasteiger partial charge in [-0.3, -0.25) is 19.7 Å². The van der Waals surface area contributed by atoms with Gasteiger partial charge in [0.25, 0.3) is 11.6 Å². The topological polar surface area (TPSA) is 127 Å². The van der Waals surface area contributed by atoms with Gasteiger partial charge in [-0.25, -0.2) is 4.98 Å². The molecule has 0 saturated carbocycles. The van der Waals surface area contributed by atoms with Crippen LogP contribution in [0.15, 0.2) is 106 Å². The van der Waals surface area contributed by atoms with Gasteiger partial charge in [0.05, 0.1) is 10.7 Å². The highest BCUT2D eigenvalue weighted by Gasteiger charge is 2.13. The molecule has 0 saturated heterocycles. The van der Waals surface area contributed by atoms with Crippen LogP contribution in [0.4, 0.5) is 17.1 Å². The molecule has 0 radical (unpaired) electrons. The zero-order valence-electron chi connectivity index (χ0n) is 19.8. The summed E-state index contributed by atoms with van der Waals surface area (Å²) in [6, 6.07) is 27.3. The average Bonchev–Trinajstić information content (AvgIpc) is 3.37. The zero-order valence-corrected chi connectivity index (χ0v) is 20.6. The first-order valence-corrected chi connectivity index (χ1v) is 12.5. The summed E-state index contributed by atoms with van der Waals surface area (Å²) < 4.78 is 5.78. The van der Waals surface area contributed by atoms with E-state index in [2.05, 4.69) is 15.6 Å². The Morgan fingerprint density at radius 1 is 0.868 bits per heavy atom. The predicted octanol–water partition coefficient (Wildman–Crippen LogP) is 6.39. The van der Waals surface area contributed by atoms with Crippen molar-refractivity contribution in [2.75, 3.05) is 16.4 Å². The maximum absolute atomic E-state index is 12.5. The lowest BCUT2D eigenvalue weighted by atomic mass is 10.2. The number of thioether (sulfide) groups is 1. The number of fused-ring (bicyclic) bond motifs is 1. The minimum absolute atomic E-state index is 0.159. The van der Waals surface area contributed by atoms with Gasteiger partial charge < -0.3 is 15.1 Å². The monoisotopic (exact) mass is 524 g/mol. The molecule has 0 unspecified atom stereocenters. The van der Waals surface area contributed by atoms with E-state index < -0.39 is 10.8 Å². The quantitative estimate of drug-likeness (QED) is 0.137. The van der Waals surface area contributed by atoms with Crippen molar-refractivity contribution in [2.45, 2.75) is 4.90 Å². The van der Waals surface area contributed by atoms with E-state index in [4.69, 9.17) is 4.42 Å². The number of carbonyl (C=O) groups is 2. The van der Waals surface area contributed by atoms with Crippen molar-refractivity contribution in [3.8, 4) is 11.5 Å². The molecule has 5 rings (SSSR count). The van der Waals surface area contributed by atoms with Crippen molar-refractivity contribution in [1.82, 2.24) is 4.98 Å². The summed E-state index contributed by atoms with van der Waals surface area (Å²) in [5.41, 5.74) is 3.48. The van der Waals surface area contributed by atoms with Gasteiger partial charge in [0, 0.05) is 39.5 Å². The Hall–Kier alpha value is -4.96. The molecule has 2 N–H and O–H groups in total. The van der Waals surface area contributed by atoms with Gasteiger partial charge in [-0.05, 0) is 60.7 Å². The molecule has 0 aliphatic rings. The molecule has 1 aromatic heterocycles. The third-order valence-corrected chi connectivity index (χ3v) is 6.48. The molecule has 0 spiro atoms. The first-order chi connectivity index (χ1) is 18.4. The second kappa shape index (κ2) is 11.0. The standard InChI is InChI=1S/C28H20N4O5S/c33-26(29-20-13-11-18(12-14-20)28-31-24-9-1-2-10-25(24)37-28)17-38-23-8-4-6-21(16-23)30-27(34)19-5-3-7-22(15-19)32(35)36/h1-16H,17H2,(H,29,33)(H,30,34). The summed E-state index contributed by atoms with van der Waals surface area (Å²) in [6.07, 6.45) is 0. The maximum Gasteiger partial charge on any atom is 0.270 e. The number of hydrogen-bond acceptors (Lipinski definition) is 7. The number of hydrogen-bond donors (Lipinski definition) is 2. The van der Waals surface area contributed by atoms with Gasteiger partial charge >= 0.3 is 0 Å². The Labute approximate surface area is 221 Å². The zero-order chi connectivity index (χ0) is 26.5. The van der Waals surface area contributed by atoms with Gasteiger partial charge in [-0.15, -0.1) is 11.8 Å². The number of aromatic nitrogens is 1.